The van der Waals surface area contributed by atoms with Crippen molar-refractivity contribution in [2.24, 2.45) is 17.3 Å². The van der Waals surface area contributed by atoms with E-state index in [2.05, 4.69) is 48.5 Å². The van der Waals surface area contributed by atoms with Crippen LogP contribution in [0.3, 0.4) is 0 Å². The number of rotatable bonds is 6. The molecule has 8 heteroatoms. The van der Waals surface area contributed by atoms with E-state index in [-0.39, 0.29) is 17.3 Å². The highest BCUT2D eigenvalue weighted by molar-refractivity contribution is 5.70. The lowest BCUT2D eigenvalue weighted by Gasteiger charge is -2.38. The second-order valence-electron chi connectivity index (χ2n) is 8.60. The lowest BCUT2D eigenvalue weighted by Crippen LogP contribution is -2.33. The molecular formula is C24H37F3N4O. The lowest BCUT2D eigenvalue weighted by molar-refractivity contribution is -0.123. The summed E-state index contributed by atoms with van der Waals surface area (Å²) in [6.07, 6.45) is 3.25. The molecule has 1 heterocycles. The third-order valence-corrected chi connectivity index (χ3v) is 5.22. The summed E-state index contributed by atoms with van der Waals surface area (Å²) in [4.78, 5) is 0. The molecule has 0 aliphatic heterocycles. The Morgan fingerprint density at radius 3 is 2.28 bits per heavy atom. The molecule has 0 spiro atoms. The maximum absolute atomic E-state index is 12.8. The van der Waals surface area contributed by atoms with E-state index in [0.717, 1.165) is 16.7 Å². The Morgan fingerprint density at radius 2 is 1.81 bits per heavy atom. The van der Waals surface area contributed by atoms with Gasteiger partial charge in [-0.05, 0) is 54.4 Å². The number of alkyl halides is 3. The van der Waals surface area contributed by atoms with E-state index in [1.807, 2.05) is 52.0 Å². The fraction of sp³-hybridized carbons (Fsp3) is 0.583. The molecule has 2 N–H and O–H groups in total. The van der Waals surface area contributed by atoms with Crippen LogP contribution < -0.4 is 10.6 Å². The summed E-state index contributed by atoms with van der Waals surface area (Å²) >= 11 is 0. The van der Waals surface area contributed by atoms with Gasteiger partial charge in [0.2, 0.25) is 5.89 Å². The molecule has 1 aromatic heterocycles. The largest absolute Gasteiger partial charge is 0.405 e. The van der Waals surface area contributed by atoms with Gasteiger partial charge in [-0.15, -0.1) is 5.10 Å². The SMILES string of the molecule is C/C=C(\C=C(\C)C1=CC(NCC(F)(F)F)=CC(C(C)(C)C)C1C)c1nnc(NC)o1.CC. The lowest BCUT2D eigenvalue weighted by atomic mass is 9.67. The van der Waals surface area contributed by atoms with Crippen molar-refractivity contribution in [3.8, 4) is 0 Å². The van der Waals surface area contributed by atoms with Crippen LogP contribution in [0.4, 0.5) is 19.2 Å². The van der Waals surface area contributed by atoms with Crippen LogP contribution in [0.2, 0.25) is 0 Å². The molecule has 0 saturated heterocycles. The molecule has 2 atom stereocenters. The average Bonchev–Trinajstić information content (AvgIpc) is 3.20. The standard InChI is InChI=1S/C22H31F3N4O.C2H6/c1-8-15(19-28-29-20(26-7)30-19)9-13(2)17-10-16(27-12-22(23,24)25)11-18(14(17)3)21(4,5)6;1-2/h8-11,14,18,27H,12H2,1-7H3,(H,26,29);1-2H3/b13-9-,15-8+;. The Bertz CT molecular complexity index is 871. The molecule has 32 heavy (non-hydrogen) atoms. The van der Waals surface area contributed by atoms with E-state index in [4.69, 9.17) is 4.42 Å². The Hall–Kier alpha value is -2.51. The van der Waals surface area contributed by atoms with E-state index in [1.165, 1.54) is 0 Å². The number of nitrogens with zero attached hydrogens (tertiary/aromatic N) is 2. The molecule has 0 bridgehead atoms. The number of anilines is 1. The molecule has 0 fully saturated rings. The van der Waals surface area contributed by atoms with E-state index >= 15 is 0 Å². The summed E-state index contributed by atoms with van der Waals surface area (Å²) < 4.78 is 43.8. The van der Waals surface area contributed by atoms with Crippen molar-refractivity contribution < 1.29 is 17.6 Å². The van der Waals surface area contributed by atoms with Crippen molar-refractivity contribution >= 4 is 11.6 Å². The first-order chi connectivity index (χ1) is 14.9. The first-order valence-electron chi connectivity index (χ1n) is 11.0. The van der Waals surface area contributed by atoms with Crippen LogP contribution in [0.1, 0.15) is 61.3 Å². The van der Waals surface area contributed by atoms with Gasteiger partial charge in [-0.25, -0.2) is 0 Å². The minimum atomic E-state index is -4.28. The summed E-state index contributed by atoms with van der Waals surface area (Å²) in [5, 5.41) is 13.3. The van der Waals surface area contributed by atoms with Gasteiger partial charge in [-0.3, -0.25) is 0 Å². The van der Waals surface area contributed by atoms with Crippen LogP contribution in [-0.4, -0.2) is 30.0 Å². The molecule has 0 aromatic carbocycles. The van der Waals surface area contributed by atoms with Crippen LogP contribution >= 0.6 is 0 Å². The number of aromatic nitrogens is 2. The smallest absolute Gasteiger partial charge is 0.403 e. The maximum Gasteiger partial charge on any atom is 0.405 e. The molecule has 0 amide bonds. The molecule has 0 saturated carbocycles. The summed E-state index contributed by atoms with van der Waals surface area (Å²) in [6, 6.07) is 0.315. The van der Waals surface area contributed by atoms with Gasteiger partial charge in [0.25, 0.3) is 0 Å². The van der Waals surface area contributed by atoms with Gasteiger partial charge in [0.05, 0.1) is 0 Å². The highest BCUT2D eigenvalue weighted by Gasteiger charge is 2.34. The zero-order valence-electron chi connectivity index (χ0n) is 20.6. The molecule has 0 radical (unpaired) electrons. The average molecular weight is 455 g/mol. The van der Waals surface area contributed by atoms with Gasteiger partial charge in [0.15, 0.2) is 0 Å². The van der Waals surface area contributed by atoms with Crippen LogP contribution in [0, 0.1) is 17.3 Å². The maximum atomic E-state index is 12.8. The number of halogens is 3. The van der Waals surface area contributed by atoms with Crippen molar-refractivity contribution in [3.63, 3.8) is 0 Å². The Balaban J connectivity index is 0.00000249. The molecule has 1 aromatic rings. The van der Waals surface area contributed by atoms with Crippen LogP contribution in [0.25, 0.3) is 5.57 Å². The van der Waals surface area contributed by atoms with Gasteiger partial charge < -0.3 is 15.1 Å². The van der Waals surface area contributed by atoms with E-state index < -0.39 is 12.7 Å². The van der Waals surface area contributed by atoms with Crippen molar-refractivity contribution in [1.29, 1.82) is 0 Å². The third-order valence-electron chi connectivity index (χ3n) is 5.22. The van der Waals surface area contributed by atoms with Crippen molar-refractivity contribution in [3.05, 3.63) is 47.0 Å². The second kappa shape index (κ2) is 11.4. The van der Waals surface area contributed by atoms with Crippen LogP contribution in [0.15, 0.2) is 45.6 Å². The van der Waals surface area contributed by atoms with Gasteiger partial charge in [0.1, 0.15) is 6.54 Å². The predicted octanol–water partition coefficient (Wildman–Crippen LogP) is 6.76. The highest BCUT2D eigenvalue weighted by Crippen LogP contribution is 2.42. The number of hydrogen-bond acceptors (Lipinski definition) is 5. The molecule has 1 aliphatic carbocycles. The molecule has 2 rings (SSSR count). The number of allylic oxidation sites excluding steroid dienone is 7. The number of nitrogens with one attached hydrogen (secondary N) is 2. The Labute approximate surface area is 190 Å². The first-order valence-corrected chi connectivity index (χ1v) is 11.0. The highest BCUT2D eigenvalue weighted by atomic mass is 19.4. The summed E-state index contributed by atoms with van der Waals surface area (Å²) in [5.41, 5.74) is 3.05. The molecule has 180 valence electrons. The quantitative estimate of drug-likeness (QED) is 0.465. The first kappa shape index (κ1) is 27.5. The topological polar surface area (TPSA) is 63.0 Å². The summed E-state index contributed by atoms with van der Waals surface area (Å²) in [5.74, 6) is 0.583. The van der Waals surface area contributed by atoms with Crippen LogP contribution in [0.5, 0.6) is 0 Å². The van der Waals surface area contributed by atoms with Crippen molar-refractivity contribution in [2.45, 2.75) is 61.6 Å². The summed E-state index contributed by atoms with van der Waals surface area (Å²) in [6.45, 7) is 15.2. The van der Waals surface area contributed by atoms with E-state index in [1.54, 1.807) is 7.05 Å². The number of hydrogen-bond donors (Lipinski definition) is 2. The zero-order valence-corrected chi connectivity index (χ0v) is 20.6. The fourth-order valence-electron chi connectivity index (χ4n) is 3.69. The minimum absolute atomic E-state index is 0.0740. The van der Waals surface area contributed by atoms with E-state index in [9.17, 15) is 13.2 Å². The molecule has 5 nitrogen and oxygen atoms in total. The minimum Gasteiger partial charge on any atom is -0.403 e. The Morgan fingerprint density at radius 1 is 1.19 bits per heavy atom. The van der Waals surface area contributed by atoms with Crippen LogP contribution in [-0.2, 0) is 0 Å². The fourth-order valence-corrected chi connectivity index (χ4v) is 3.69. The second-order valence-corrected chi connectivity index (χ2v) is 8.60. The molecule has 1 aliphatic rings. The molecular weight excluding hydrogens is 417 g/mol. The monoisotopic (exact) mass is 454 g/mol. The predicted molar refractivity (Wildman–Crippen MR) is 125 cm³/mol. The van der Waals surface area contributed by atoms with Gasteiger partial charge in [0, 0.05) is 18.3 Å². The van der Waals surface area contributed by atoms with Crippen molar-refractivity contribution in [2.75, 3.05) is 18.9 Å². The molecule has 2 unspecified atom stereocenters. The van der Waals surface area contributed by atoms with E-state index in [0.29, 0.717) is 17.6 Å². The van der Waals surface area contributed by atoms with Gasteiger partial charge in [-0.1, -0.05) is 58.8 Å². The third kappa shape index (κ3) is 7.57. The van der Waals surface area contributed by atoms with Gasteiger partial charge in [-0.2, -0.15) is 13.2 Å². The van der Waals surface area contributed by atoms with Crippen molar-refractivity contribution in [1.82, 2.24) is 15.5 Å². The normalized spacial score (nSPS) is 20.1. The zero-order chi connectivity index (χ0) is 24.7. The summed E-state index contributed by atoms with van der Waals surface area (Å²) in [7, 11) is 1.69. The van der Waals surface area contributed by atoms with Gasteiger partial charge >= 0.3 is 12.2 Å². The Kier molecular flexibility index (Phi) is 9.79.